The van der Waals surface area contributed by atoms with Gasteiger partial charge in [0.1, 0.15) is 6.29 Å². The molecule has 3 nitrogen and oxygen atoms in total. The molecule has 0 saturated carbocycles. The fourth-order valence-corrected chi connectivity index (χ4v) is 1.24. The van der Waals surface area contributed by atoms with E-state index in [1.54, 1.807) is 0 Å². The number of rotatable bonds is 5. The van der Waals surface area contributed by atoms with E-state index in [0.29, 0.717) is 12.3 Å². The quantitative estimate of drug-likeness (QED) is 0.646. The summed E-state index contributed by atoms with van der Waals surface area (Å²) in [7, 11) is 0. The molecule has 13 heavy (non-hydrogen) atoms. The summed E-state index contributed by atoms with van der Waals surface area (Å²) < 4.78 is 1.94. The Labute approximate surface area is 78.8 Å². The summed E-state index contributed by atoms with van der Waals surface area (Å²) in [6.45, 7) is 5.26. The van der Waals surface area contributed by atoms with Crippen LogP contribution in [0.15, 0.2) is 12.4 Å². The lowest BCUT2D eigenvalue weighted by atomic mass is 10.2. The van der Waals surface area contributed by atoms with Crippen LogP contribution in [0.5, 0.6) is 0 Å². The number of aromatic nitrogens is 2. The number of carbonyl (C=O) groups excluding carboxylic acids is 1. The lowest BCUT2D eigenvalue weighted by molar-refractivity contribution is -0.107. The van der Waals surface area contributed by atoms with Gasteiger partial charge in [0.25, 0.3) is 0 Å². The average Bonchev–Trinajstić information content (AvgIpc) is 2.48. The first-order valence-corrected chi connectivity index (χ1v) is 4.67. The Morgan fingerprint density at radius 2 is 2.38 bits per heavy atom. The second-order valence-electron chi connectivity index (χ2n) is 3.67. The lowest BCUT2D eigenvalue weighted by Crippen LogP contribution is -2.04. The van der Waals surface area contributed by atoms with Crippen LogP contribution in [-0.4, -0.2) is 16.1 Å². The molecule has 1 rings (SSSR count). The van der Waals surface area contributed by atoms with E-state index in [0.717, 1.165) is 24.8 Å². The molecule has 0 fully saturated rings. The maximum Gasteiger partial charge on any atom is 0.120 e. The van der Waals surface area contributed by atoms with Crippen LogP contribution in [0.1, 0.15) is 25.8 Å². The molecule has 0 aromatic carbocycles. The van der Waals surface area contributed by atoms with Crippen LogP contribution >= 0.6 is 0 Å². The van der Waals surface area contributed by atoms with Crippen molar-refractivity contribution in [2.45, 2.75) is 33.2 Å². The number of carbonyl (C=O) groups is 1. The Bertz CT molecular complexity index is 266. The van der Waals surface area contributed by atoms with E-state index in [4.69, 9.17) is 0 Å². The maximum atomic E-state index is 10.1. The summed E-state index contributed by atoms with van der Waals surface area (Å²) in [4.78, 5) is 10.1. The molecule has 1 aromatic rings. The van der Waals surface area contributed by atoms with E-state index in [1.165, 1.54) is 0 Å². The average molecular weight is 180 g/mol. The van der Waals surface area contributed by atoms with Crippen molar-refractivity contribution in [2.24, 2.45) is 5.92 Å². The van der Waals surface area contributed by atoms with E-state index >= 15 is 0 Å². The van der Waals surface area contributed by atoms with Crippen LogP contribution in [0.25, 0.3) is 0 Å². The highest BCUT2D eigenvalue weighted by Crippen LogP contribution is 2.03. The molecule has 0 amide bonds. The molecule has 0 N–H and O–H groups in total. The van der Waals surface area contributed by atoms with Gasteiger partial charge in [-0.2, -0.15) is 5.10 Å². The zero-order valence-electron chi connectivity index (χ0n) is 8.23. The highest BCUT2D eigenvalue weighted by atomic mass is 16.1. The summed E-state index contributed by atoms with van der Waals surface area (Å²) in [6, 6.07) is 0. The molecule has 0 radical (unpaired) electrons. The molecule has 0 bridgehead atoms. The Hall–Kier alpha value is -1.12. The third kappa shape index (κ3) is 3.40. The lowest BCUT2D eigenvalue weighted by Gasteiger charge is -2.03. The van der Waals surface area contributed by atoms with Gasteiger partial charge in [-0.3, -0.25) is 4.68 Å². The highest BCUT2D eigenvalue weighted by Gasteiger charge is 1.99. The number of aldehydes is 1. The summed E-state index contributed by atoms with van der Waals surface area (Å²) in [5.41, 5.74) is 1.15. The summed E-state index contributed by atoms with van der Waals surface area (Å²) in [5.74, 6) is 0.610. The molecule has 72 valence electrons. The zero-order valence-corrected chi connectivity index (χ0v) is 8.23. The van der Waals surface area contributed by atoms with Gasteiger partial charge in [0.2, 0.25) is 0 Å². The van der Waals surface area contributed by atoms with E-state index in [2.05, 4.69) is 18.9 Å². The fourth-order valence-electron chi connectivity index (χ4n) is 1.24. The van der Waals surface area contributed by atoms with Crippen LogP contribution in [-0.2, 0) is 17.8 Å². The number of hydrogen-bond acceptors (Lipinski definition) is 2. The van der Waals surface area contributed by atoms with E-state index in [1.807, 2.05) is 17.1 Å². The smallest absolute Gasteiger partial charge is 0.120 e. The molecular formula is C10H16N2O. The molecule has 1 heterocycles. The second-order valence-corrected chi connectivity index (χ2v) is 3.67. The molecule has 0 aliphatic rings. The van der Waals surface area contributed by atoms with Gasteiger partial charge in [0, 0.05) is 19.2 Å². The standard InChI is InChI=1S/C10H16N2O/c1-9(2)7-12-8-10(6-11-12)4-3-5-13/h5-6,8-9H,3-4,7H2,1-2H3. The first-order chi connectivity index (χ1) is 6.22. The molecule has 0 atom stereocenters. The minimum atomic E-state index is 0.591. The van der Waals surface area contributed by atoms with Crippen molar-refractivity contribution in [3.8, 4) is 0 Å². The first-order valence-electron chi connectivity index (χ1n) is 4.67. The molecule has 0 saturated heterocycles. The van der Waals surface area contributed by atoms with Gasteiger partial charge in [-0.25, -0.2) is 0 Å². The largest absolute Gasteiger partial charge is 0.303 e. The van der Waals surface area contributed by atoms with Crippen molar-refractivity contribution in [3.05, 3.63) is 18.0 Å². The van der Waals surface area contributed by atoms with Crippen LogP contribution in [0.3, 0.4) is 0 Å². The van der Waals surface area contributed by atoms with E-state index in [9.17, 15) is 4.79 Å². The summed E-state index contributed by atoms with van der Waals surface area (Å²) >= 11 is 0. The maximum absolute atomic E-state index is 10.1. The third-order valence-electron chi connectivity index (χ3n) is 1.79. The molecule has 0 aliphatic carbocycles. The summed E-state index contributed by atoms with van der Waals surface area (Å²) in [5, 5.41) is 4.21. The Kier molecular flexibility index (Phi) is 3.68. The summed E-state index contributed by atoms with van der Waals surface area (Å²) in [6.07, 6.45) is 6.20. The Balaban J connectivity index is 2.48. The van der Waals surface area contributed by atoms with Crippen molar-refractivity contribution in [1.29, 1.82) is 0 Å². The van der Waals surface area contributed by atoms with Crippen molar-refractivity contribution >= 4 is 6.29 Å². The van der Waals surface area contributed by atoms with Gasteiger partial charge in [-0.15, -0.1) is 0 Å². The molecule has 0 spiro atoms. The van der Waals surface area contributed by atoms with Gasteiger partial charge in [-0.1, -0.05) is 13.8 Å². The molecule has 0 aliphatic heterocycles. The van der Waals surface area contributed by atoms with Crippen molar-refractivity contribution in [3.63, 3.8) is 0 Å². The van der Waals surface area contributed by atoms with Crippen LogP contribution in [0.4, 0.5) is 0 Å². The normalized spacial score (nSPS) is 10.7. The van der Waals surface area contributed by atoms with Crippen molar-refractivity contribution < 1.29 is 4.79 Å². The van der Waals surface area contributed by atoms with Crippen molar-refractivity contribution in [1.82, 2.24) is 9.78 Å². The Morgan fingerprint density at radius 1 is 1.62 bits per heavy atom. The topological polar surface area (TPSA) is 34.9 Å². The molecule has 3 heteroatoms. The minimum Gasteiger partial charge on any atom is -0.303 e. The zero-order chi connectivity index (χ0) is 9.68. The van der Waals surface area contributed by atoms with Gasteiger partial charge in [0.15, 0.2) is 0 Å². The fraction of sp³-hybridized carbons (Fsp3) is 0.600. The Morgan fingerprint density at radius 3 is 3.00 bits per heavy atom. The number of nitrogens with zero attached hydrogens (tertiary/aromatic N) is 2. The third-order valence-corrected chi connectivity index (χ3v) is 1.79. The van der Waals surface area contributed by atoms with Gasteiger partial charge in [-0.05, 0) is 17.9 Å². The van der Waals surface area contributed by atoms with Gasteiger partial charge in [0.05, 0.1) is 6.20 Å². The van der Waals surface area contributed by atoms with Crippen LogP contribution in [0.2, 0.25) is 0 Å². The second kappa shape index (κ2) is 4.80. The SMILES string of the molecule is CC(C)Cn1cc(CCC=O)cn1. The monoisotopic (exact) mass is 180 g/mol. The number of aryl methyl sites for hydroxylation is 1. The first kappa shape index (κ1) is 9.96. The van der Waals surface area contributed by atoms with Gasteiger partial charge >= 0.3 is 0 Å². The highest BCUT2D eigenvalue weighted by molar-refractivity contribution is 5.49. The van der Waals surface area contributed by atoms with Crippen molar-refractivity contribution in [2.75, 3.05) is 0 Å². The predicted molar refractivity (Wildman–Crippen MR) is 51.5 cm³/mol. The minimum absolute atomic E-state index is 0.591. The number of hydrogen-bond donors (Lipinski definition) is 0. The molecular weight excluding hydrogens is 164 g/mol. The van der Waals surface area contributed by atoms with E-state index < -0.39 is 0 Å². The predicted octanol–water partition coefficient (Wildman–Crippen LogP) is 1.67. The molecule has 1 aromatic heterocycles. The van der Waals surface area contributed by atoms with Gasteiger partial charge < -0.3 is 4.79 Å². The van der Waals surface area contributed by atoms with E-state index in [-0.39, 0.29) is 0 Å². The van der Waals surface area contributed by atoms with Crippen LogP contribution in [0, 0.1) is 5.92 Å². The van der Waals surface area contributed by atoms with Crippen LogP contribution < -0.4 is 0 Å². The molecule has 0 unspecified atom stereocenters.